The third kappa shape index (κ3) is 3.95. The summed E-state index contributed by atoms with van der Waals surface area (Å²) in [6, 6.07) is 1.41. The van der Waals surface area contributed by atoms with E-state index in [2.05, 4.69) is 10.4 Å². The Kier molecular flexibility index (Phi) is 3.93. The van der Waals surface area contributed by atoms with Crippen LogP contribution < -0.4 is 5.32 Å². The monoisotopic (exact) mass is 306 g/mol. The number of hydrogen-bond acceptors (Lipinski definition) is 5. The molecule has 20 heavy (non-hydrogen) atoms. The number of thiophene rings is 1. The number of hydrogen-bond donors (Lipinski definition) is 1. The number of nitrogens with one attached hydrogen (secondary N) is 1. The van der Waals surface area contributed by atoms with Crippen LogP contribution in [0, 0.1) is 10.1 Å². The fraction of sp³-hybridized carbons (Fsp3) is 0.300. The summed E-state index contributed by atoms with van der Waals surface area (Å²) in [7, 11) is 0. The summed E-state index contributed by atoms with van der Waals surface area (Å²) in [5, 5.41) is 18.6. The van der Waals surface area contributed by atoms with Crippen molar-refractivity contribution in [1.29, 1.82) is 0 Å². The first-order chi connectivity index (χ1) is 9.33. The zero-order valence-corrected chi connectivity index (χ0v) is 10.7. The molecule has 0 saturated heterocycles. The molecule has 0 aliphatic heterocycles. The lowest BCUT2D eigenvalue weighted by Gasteiger charge is -2.05. The molecule has 0 aliphatic carbocycles. The third-order valence-electron chi connectivity index (χ3n) is 2.29. The minimum Gasteiger partial charge on any atom is -0.378 e. The van der Waals surface area contributed by atoms with Gasteiger partial charge in [0.15, 0.2) is 0 Å². The number of rotatable bonds is 5. The normalized spacial score (nSPS) is 11.6. The molecule has 1 N–H and O–H groups in total. The molecule has 2 aromatic rings. The van der Waals surface area contributed by atoms with E-state index in [1.807, 2.05) is 0 Å². The minimum atomic E-state index is -4.32. The lowest BCUT2D eigenvalue weighted by Crippen LogP contribution is -2.17. The first-order valence-corrected chi connectivity index (χ1v) is 6.26. The quantitative estimate of drug-likeness (QED) is 0.680. The van der Waals surface area contributed by atoms with Crippen molar-refractivity contribution >= 4 is 22.0 Å². The molecule has 0 aromatic carbocycles. The van der Waals surface area contributed by atoms with Crippen molar-refractivity contribution in [2.24, 2.45) is 0 Å². The summed E-state index contributed by atoms with van der Waals surface area (Å²) in [5.41, 5.74) is 1.10. The van der Waals surface area contributed by atoms with Crippen molar-refractivity contribution in [3.8, 4) is 0 Å². The highest BCUT2D eigenvalue weighted by Gasteiger charge is 2.28. The Balaban J connectivity index is 1.92. The van der Waals surface area contributed by atoms with E-state index in [9.17, 15) is 23.3 Å². The molecule has 0 amide bonds. The lowest BCUT2D eigenvalue weighted by atomic mass is 10.3. The average Bonchev–Trinajstić information content (AvgIpc) is 2.92. The van der Waals surface area contributed by atoms with Gasteiger partial charge in [0.1, 0.15) is 6.54 Å². The minimum absolute atomic E-state index is 0.0227. The van der Waals surface area contributed by atoms with E-state index >= 15 is 0 Å². The lowest BCUT2D eigenvalue weighted by molar-refractivity contribution is -0.380. The molecular weight excluding hydrogens is 297 g/mol. The van der Waals surface area contributed by atoms with E-state index in [-0.39, 0.29) is 11.5 Å². The molecular formula is C10H9F3N4O2S. The standard InChI is InChI=1S/C10H9F3N4O2S/c11-10(12,13)6-16-4-8(3-15-16)14-2-7-1-9(17(18)19)20-5-7/h1,3-5,14H,2,6H2. The molecule has 0 saturated carbocycles. The van der Waals surface area contributed by atoms with Gasteiger partial charge in [-0.05, 0) is 5.56 Å². The van der Waals surface area contributed by atoms with Crippen LogP contribution in [0.25, 0.3) is 0 Å². The maximum absolute atomic E-state index is 12.1. The molecule has 0 atom stereocenters. The van der Waals surface area contributed by atoms with E-state index in [1.165, 1.54) is 18.5 Å². The topological polar surface area (TPSA) is 73.0 Å². The number of alkyl halides is 3. The SMILES string of the molecule is O=[N+]([O-])c1cc(CNc2cnn(CC(F)(F)F)c2)cs1. The van der Waals surface area contributed by atoms with Crippen LogP contribution in [0.5, 0.6) is 0 Å². The van der Waals surface area contributed by atoms with Gasteiger partial charge in [-0.25, -0.2) is 0 Å². The fourth-order valence-corrected chi connectivity index (χ4v) is 2.21. The molecule has 0 fully saturated rings. The molecule has 0 unspecified atom stereocenters. The Morgan fingerprint density at radius 3 is 2.85 bits per heavy atom. The molecule has 10 heteroatoms. The molecule has 0 bridgehead atoms. The van der Waals surface area contributed by atoms with Gasteiger partial charge in [0.2, 0.25) is 0 Å². The van der Waals surface area contributed by atoms with Crippen LogP contribution in [-0.4, -0.2) is 20.9 Å². The van der Waals surface area contributed by atoms with Gasteiger partial charge in [0, 0.05) is 24.2 Å². The summed E-state index contributed by atoms with van der Waals surface area (Å²) < 4.78 is 37.2. The second-order valence-corrected chi connectivity index (χ2v) is 4.84. The summed E-state index contributed by atoms with van der Waals surface area (Å²) in [4.78, 5) is 10.0. The van der Waals surface area contributed by atoms with Crippen LogP contribution in [-0.2, 0) is 13.1 Å². The number of anilines is 1. The molecule has 0 radical (unpaired) electrons. The van der Waals surface area contributed by atoms with Gasteiger partial charge in [-0.15, -0.1) is 0 Å². The first kappa shape index (κ1) is 14.3. The van der Waals surface area contributed by atoms with Crippen LogP contribution in [0.3, 0.4) is 0 Å². The highest BCUT2D eigenvalue weighted by atomic mass is 32.1. The van der Waals surface area contributed by atoms with Crippen molar-refractivity contribution in [1.82, 2.24) is 9.78 Å². The van der Waals surface area contributed by atoms with Gasteiger partial charge in [0.05, 0.1) is 16.8 Å². The number of nitro groups is 1. The van der Waals surface area contributed by atoms with Crippen LogP contribution in [0.2, 0.25) is 0 Å². The predicted molar refractivity (Wildman–Crippen MR) is 66.6 cm³/mol. The van der Waals surface area contributed by atoms with Crippen molar-refractivity contribution in [2.45, 2.75) is 19.3 Å². The molecule has 2 rings (SSSR count). The Morgan fingerprint density at radius 2 is 2.25 bits per heavy atom. The Hall–Kier alpha value is -2.10. The van der Waals surface area contributed by atoms with E-state index in [0.717, 1.165) is 16.0 Å². The second kappa shape index (κ2) is 5.49. The largest absolute Gasteiger partial charge is 0.408 e. The van der Waals surface area contributed by atoms with E-state index in [0.29, 0.717) is 11.3 Å². The molecule has 108 valence electrons. The van der Waals surface area contributed by atoms with E-state index in [4.69, 9.17) is 0 Å². The molecule has 2 heterocycles. The number of aromatic nitrogens is 2. The van der Waals surface area contributed by atoms with Gasteiger partial charge in [-0.1, -0.05) is 11.3 Å². The summed E-state index contributed by atoms with van der Waals surface area (Å²) >= 11 is 0.997. The zero-order chi connectivity index (χ0) is 14.8. The van der Waals surface area contributed by atoms with Crippen LogP contribution in [0.4, 0.5) is 23.9 Å². The van der Waals surface area contributed by atoms with E-state index < -0.39 is 17.6 Å². The third-order valence-corrected chi connectivity index (χ3v) is 3.22. The van der Waals surface area contributed by atoms with Gasteiger partial charge in [0.25, 0.3) is 0 Å². The molecule has 2 aromatic heterocycles. The number of nitrogens with zero attached hydrogens (tertiary/aromatic N) is 3. The molecule has 6 nitrogen and oxygen atoms in total. The van der Waals surface area contributed by atoms with Crippen molar-refractivity contribution in [2.75, 3.05) is 5.32 Å². The predicted octanol–water partition coefficient (Wildman–Crippen LogP) is 3.03. The van der Waals surface area contributed by atoms with Gasteiger partial charge >= 0.3 is 11.2 Å². The highest BCUT2D eigenvalue weighted by molar-refractivity contribution is 7.13. The van der Waals surface area contributed by atoms with Crippen molar-refractivity contribution < 1.29 is 18.1 Å². The molecule has 0 spiro atoms. The average molecular weight is 306 g/mol. The first-order valence-electron chi connectivity index (χ1n) is 5.38. The summed E-state index contributed by atoms with van der Waals surface area (Å²) in [6.45, 7) is -0.874. The van der Waals surface area contributed by atoms with Crippen molar-refractivity contribution in [3.63, 3.8) is 0 Å². The zero-order valence-electron chi connectivity index (χ0n) is 9.92. The second-order valence-electron chi connectivity index (χ2n) is 3.95. The van der Waals surface area contributed by atoms with Crippen LogP contribution in [0.1, 0.15) is 5.56 Å². The summed E-state index contributed by atoms with van der Waals surface area (Å²) in [6.07, 6.45) is -1.82. The Labute approximate surface area is 115 Å². The maximum Gasteiger partial charge on any atom is 0.408 e. The maximum atomic E-state index is 12.1. The summed E-state index contributed by atoms with van der Waals surface area (Å²) in [5.74, 6) is 0. The van der Waals surface area contributed by atoms with E-state index in [1.54, 1.807) is 5.38 Å². The van der Waals surface area contributed by atoms with Crippen molar-refractivity contribution in [3.05, 3.63) is 39.5 Å². The smallest absolute Gasteiger partial charge is 0.378 e. The van der Waals surface area contributed by atoms with Gasteiger partial charge in [-0.3, -0.25) is 14.8 Å². The highest BCUT2D eigenvalue weighted by Crippen LogP contribution is 2.23. The van der Waals surface area contributed by atoms with Gasteiger partial charge in [-0.2, -0.15) is 18.3 Å². The Morgan fingerprint density at radius 1 is 1.50 bits per heavy atom. The fourth-order valence-electron chi connectivity index (χ4n) is 1.48. The van der Waals surface area contributed by atoms with Crippen LogP contribution in [0.15, 0.2) is 23.8 Å². The number of halogens is 3. The Bertz CT molecular complexity index is 608. The van der Waals surface area contributed by atoms with Crippen LogP contribution >= 0.6 is 11.3 Å². The van der Waals surface area contributed by atoms with Gasteiger partial charge < -0.3 is 5.32 Å². The molecule has 0 aliphatic rings.